The van der Waals surface area contributed by atoms with Crippen LogP contribution in [0.15, 0.2) is 36.4 Å². The SMILES string of the molecule is Cc1ccc(C(=O)Cc2cccc(F)c2F)c(Cl)c1. The van der Waals surface area contributed by atoms with Crippen LogP contribution in [0.1, 0.15) is 21.5 Å². The molecule has 98 valence electrons. The Bertz CT molecular complexity index is 638. The molecule has 1 nitrogen and oxygen atoms in total. The first-order valence-electron chi connectivity index (χ1n) is 5.71. The first-order valence-corrected chi connectivity index (χ1v) is 6.09. The zero-order chi connectivity index (χ0) is 14.0. The molecule has 4 heteroatoms. The van der Waals surface area contributed by atoms with Crippen molar-refractivity contribution in [3.63, 3.8) is 0 Å². The standard InChI is InChI=1S/C15H11ClF2O/c1-9-5-6-11(12(16)7-9)14(19)8-10-3-2-4-13(17)15(10)18/h2-7H,8H2,1H3. The summed E-state index contributed by atoms with van der Waals surface area (Å²) in [7, 11) is 0. The van der Waals surface area contributed by atoms with Gasteiger partial charge in [-0.05, 0) is 36.2 Å². The van der Waals surface area contributed by atoms with E-state index in [1.165, 1.54) is 12.1 Å². The van der Waals surface area contributed by atoms with Gasteiger partial charge in [-0.15, -0.1) is 0 Å². The van der Waals surface area contributed by atoms with Crippen LogP contribution in [0.5, 0.6) is 0 Å². The Hall–Kier alpha value is -1.74. The second-order valence-corrected chi connectivity index (χ2v) is 4.70. The van der Waals surface area contributed by atoms with Crippen molar-refractivity contribution >= 4 is 17.4 Å². The van der Waals surface area contributed by atoms with Gasteiger partial charge in [0.25, 0.3) is 0 Å². The monoisotopic (exact) mass is 280 g/mol. The fraction of sp³-hybridized carbons (Fsp3) is 0.133. The lowest BCUT2D eigenvalue weighted by Gasteiger charge is -2.06. The summed E-state index contributed by atoms with van der Waals surface area (Å²) < 4.78 is 26.5. The molecule has 0 N–H and O–H groups in total. The van der Waals surface area contributed by atoms with E-state index in [0.29, 0.717) is 10.6 Å². The Morgan fingerprint density at radius 1 is 1.21 bits per heavy atom. The summed E-state index contributed by atoms with van der Waals surface area (Å²) in [4.78, 5) is 12.0. The fourth-order valence-electron chi connectivity index (χ4n) is 1.80. The van der Waals surface area contributed by atoms with Crippen LogP contribution in [-0.2, 0) is 6.42 Å². The van der Waals surface area contributed by atoms with E-state index in [1.54, 1.807) is 18.2 Å². The summed E-state index contributed by atoms with van der Waals surface area (Å²) in [5.74, 6) is -2.28. The second kappa shape index (κ2) is 5.49. The van der Waals surface area contributed by atoms with Gasteiger partial charge in [0.15, 0.2) is 17.4 Å². The molecule has 0 aliphatic heterocycles. The number of ketones is 1. The van der Waals surface area contributed by atoms with Crippen molar-refractivity contribution in [2.45, 2.75) is 13.3 Å². The highest BCUT2D eigenvalue weighted by molar-refractivity contribution is 6.34. The molecule has 0 unspecified atom stereocenters. The molecule has 0 aliphatic carbocycles. The topological polar surface area (TPSA) is 17.1 Å². The molecule has 2 aromatic rings. The summed E-state index contributed by atoms with van der Waals surface area (Å²) >= 11 is 5.97. The van der Waals surface area contributed by atoms with Crippen molar-refractivity contribution < 1.29 is 13.6 Å². The summed E-state index contributed by atoms with van der Waals surface area (Å²) in [6.07, 6.45) is -0.216. The zero-order valence-corrected chi connectivity index (χ0v) is 11.0. The molecule has 0 amide bonds. The first-order chi connectivity index (χ1) is 8.99. The zero-order valence-electron chi connectivity index (χ0n) is 10.2. The highest BCUT2D eigenvalue weighted by atomic mass is 35.5. The van der Waals surface area contributed by atoms with E-state index in [9.17, 15) is 13.6 Å². The molecule has 2 aromatic carbocycles. The Kier molecular flexibility index (Phi) is 3.96. The van der Waals surface area contributed by atoms with Gasteiger partial charge >= 0.3 is 0 Å². The van der Waals surface area contributed by atoms with E-state index < -0.39 is 11.6 Å². The smallest absolute Gasteiger partial charge is 0.168 e. The molecule has 2 rings (SSSR count). The molecule has 19 heavy (non-hydrogen) atoms. The third-order valence-electron chi connectivity index (χ3n) is 2.81. The number of carbonyl (C=O) groups is 1. The number of rotatable bonds is 3. The first kappa shape index (κ1) is 13.7. The average Bonchev–Trinajstić information content (AvgIpc) is 2.34. The highest BCUT2D eigenvalue weighted by Crippen LogP contribution is 2.21. The van der Waals surface area contributed by atoms with Gasteiger partial charge in [-0.3, -0.25) is 4.79 Å². The fourth-order valence-corrected chi connectivity index (χ4v) is 2.14. The maximum atomic E-state index is 13.5. The van der Waals surface area contributed by atoms with E-state index in [2.05, 4.69) is 0 Å². The minimum atomic E-state index is -0.987. The van der Waals surface area contributed by atoms with Gasteiger partial charge in [0.05, 0.1) is 5.02 Å². The Morgan fingerprint density at radius 2 is 1.95 bits per heavy atom. The van der Waals surface area contributed by atoms with Gasteiger partial charge in [0, 0.05) is 12.0 Å². The van der Waals surface area contributed by atoms with Gasteiger partial charge in [-0.25, -0.2) is 8.78 Å². The number of carbonyl (C=O) groups excluding carboxylic acids is 1. The molecule has 0 atom stereocenters. The van der Waals surface area contributed by atoms with Crippen LogP contribution >= 0.6 is 11.6 Å². The molecule has 0 aromatic heterocycles. The van der Waals surface area contributed by atoms with Gasteiger partial charge < -0.3 is 0 Å². The van der Waals surface area contributed by atoms with E-state index in [0.717, 1.165) is 11.6 Å². The maximum absolute atomic E-state index is 13.5. The molecular weight excluding hydrogens is 270 g/mol. The van der Waals surface area contributed by atoms with E-state index in [4.69, 9.17) is 11.6 Å². The largest absolute Gasteiger partial charge is 0.294 e. The summed E-state index contributed by atoms with van der Waals surface area (Å²) in [5, 5.41) is 0.321. The Morgan fingerprint density at radius 3 is 2.63 bits per heavy atom. The maximum Gasteiger partial charge on any atom is 0.168 e. The number of aryl methyl sites for hydroxylation is 1. The van der Waals surface area contributed by atoms with Gasteiger partial charge in [0.2, 0.25) is 0 Å². The third-order valence-corrected chi connectivity index (χ3v) is 3.12. The number of Topliss-reactive ketones (excluding diaryl/α,β-unsaturated/α-hetero) is 1. The third kappa shape index (κ3) is 2.99. The van der Waals surface area contributed by atoms with Crippen LogP contribution < -0.4 is 0 Å². The molecule has 0 radical (unpaired) electrons. The Labute approximate surface area is 114 Å². The van der Waals surface area contributed by atoms with Crippen LogP contribution in [0, 0.1) is 18.6 Å². The number of hydrogen-bond acceptors (Lipinski definition) is 1. The summed E-state index contributed by atoms with van der Waals surface area (Å²) in [5.41, 5.74) is 1.27. The van der Waals surface area contributed by atoms with Crippen molar-refractivity contribution in [1.82, 2.24) is 0 Å². The lowest BCUT2D eigenvalue weighted by Crippen LogP contribution is -2.07. The van der Waals surface area contributed by atoms with Crippen LogP contribution in [0.3, 0.4) is 0 Å². The van der Waals surface area contributed by atoms with Crippen molar-refractivity contribution in [3.8, 4) is 0 Å². The molecule has 0 heterocycles. The van der Waals surface area contributed by atoms with Crippen LogP contribution in [-0.4, -0.2) is 5.78 Å². The van der Waals surface area contributed by atoms with Gasteiger partial charge in [-0.1, -0.05) is 29.8 Å². The van der Waals surface area contributed by atoms with E-state index >= 15 is 0 Å². The van der Waals surface area contributed by atoms with Gasteiger partial charge in [-0.2, -0.15) is 0 Å². The van der Waals surface area contributed by atoms with Crippen molar-refractivity contribution in [2.24, 2.45) is 0 Å². The van der Waals surface area contributed by atoms with Crippen molar-refractivity contribution in [3.05, 3.63) is 69.7 Å². The lowest BCUT2D eigenvalue weighted by molar-refractivity contribution is 0.0992. The Balaban J connectivity index is 2.28. The predicted molar refractivity (Wildman–Crippen MR) is 70.6 cm³/mol. The van der Waals surface area contributed by atoms with Crippen molar-refractivity contribution in [2.75, 3.05) is 0 Å². The van der Waals surface area contributed by atoms with Crippen LogP contribution in [0.4, 0.5) is 8.78 Å². The van der Waals surface area contributed by atoms with Crippen molar-refractivity contribution in [1.29, 1.82) is 0 Å². The number of halogens is 3. The number of hydrogen-bond donors (Lipinski definition) is 0. The van der Waals surface area contributed by atoms with Crippen LogP contribution in [0.25, 0.3) is 0 Å². The lowest BCUT2D eigenvalue weighted by atomic mass is 10.0. The molecular formula is C15H11ClF2O. The molecule has 0 saturated carbocycles. The van der Waals surface area contributed by atoms with E-state index in [-0.39, 0.29) is 17.8 Å². The normalized spacial score (nSPS) is 10.5. The molecule has 0 saturated heterocycles. The highest BCUT2D eigenvalue weighted by Gasteiger charge is 2.15. The average molecular weight is 281 g/mol. The molecule has 0 aliphatic rings. The second-order valence-electron chi connectivity index (χ2n) is 4.30. The van der Waals surface area contributed by atoms with Crippen LogP contribution in [0.2, 0.25) is 5.02 Å². The predicted octanol–water partition coefficient (Wildman–Crippen LogP) is 4.35. The quantitative estimate of drug-likeness (QED) is 0.764. The molecule has 0 bridgehead atoms. The number of benzene rings is 2. The van der Waals surface area contributed by atoms with E-state index in [1.807, 2.05) is 6.92 Å². The minimum Gasteiger partial charge on any atom is -0.294 e. The van der Waals surface area contributed by atoms with Gasteiger partial charge in [0.1, 0.15) is 0 Å². The molecule has 0 fully saturated rings. The minimum absolute atomic E-state index is 0.0293. The summed E-state index contributed by atoms with van der Waals surface area (Å²) in [6, 6.07) is 8.79. The molecule has 0 spiro atoms. The summed E-state index contributed by atoms with van der Waals surface area (Å²) in [6.45, 7) is 1.85.